The van der Waals surface area contributed by atoms with Crippen LogP contribution in [0.2, 0.25) is 0 Å². The molecule has 2 aromatic heterocycles. The number of carbonyl (C=O) groups is 1. The molecule has 0 saturated carbocycles. The van der Waals surface area contributed by atoms with E-state index in [-0.39, 0.29) is 11.8 Å². The normalized spacial score (nSPS) is 16.4. The molecule has 0 aliphatic carbocycles. The molecule has 0 N–H and O–H groups in total. The Balaban J connectivity index is 1.67. The quantitative estimate of drug-likeness (QED) is 0.748. The van der Waals surface area contributed by atoms with E-state index in [1.54, 1.807) is 11.3 Å². The third-order valence-electron chi connectivity index (χ3n) is 5.27. The molecule has 3 heterocycles. The second-order valence-corrected chi connectivity index (χ2v) is 8.38. The van der Waals surface area contributed by atoms with Crippen molar-refractivity contribution in [1.29, 1.82) is 0 Å². The monoisotopic (exact) mass is 386 g/mol. The van der Waals surface area contributed by atoms with E-state index in [2.05, 4.69) is 38.8 Å². The smallest absolute Gasteiger partial charge is 0.230 e. The maximum Gasteiger partial charge on any atom is 0.230 e. The van der Waals surface area contributed by atoms with Crippen LogP contribution in [0.15, 0.2) is 23.6 Å². The molecule has 0 aromatic carbocycles. The van der Waals surface area contributed by atoms with E-state index in [1.165, 1.54) is 0 Å². The van der Waals surface area contributed by atoms with E-state index in [1.807, 2.05) is 32.2 Å². The summed E-state index contributed by atoms with van der Waals surface area (Å²) in [7, 11) is 0. The van der Waals surface area contributed by atoms with Gasteiger partial charge in [-0.25, -0.2) is 9.97 Å². The van der Waals surface area contributed by atoms with Gasteiger partial charge >= 0.3 is 0 Å². The zero-order valence-corrected chi connectivity index (χ0v) is 17.6. The Kier molecular flexibility index (Phi) is 6.47. The predicted octanol–water partition coefficient (Wildman–Crippen LogP) is 4.17. The number of thiophene rings is 1. The van der Waals surface area contributed by atoms with Crippen LogP contribution in [-0.2, 0) is 4.79 Å². The molecule has 0 radical (unpaired) electrons. The summed E-state index contributed by atoms with van der Waals surface area (Å²) < 4.78 is 0. The number of carbonyl (C=O) groups excluding carboxylic acids is 1. The van der Waals surface area contributed by atoms with E-state index in [0.717, 1.165) is 61.1 Å². The molecular formula is C21H30N4OS. The Morgan fingerprint density at radius 1 is 1.33 bits per heavy atom. The standard InChI is InChI=1S/C21H30N4OS/c1-5-10-25(21(26)16(3)19-7-6-13-27-19)18-8-11-24(12-9-18)20-14-15(2)22-17(4)23-20/h6-7,13-14,16,18H,5,8-12H2,1-4H3/t16-/m1/s1. The lowest BCUT2D eigenvalue weighted by Gasteiger charge is -2.40. The fourth-order valence-electron chi connectivity index (χ4n) is 3.89. The average molecular weight is 387 g/mol. The average Bonchev–Trinajstić information content (AvgIpc) is 3.19. The Hall–Kier alpha value is -1.95. The van der Waals surface area contributed by atoms with Crippen LogP contribution < -0.4 is 4.90 Å². The highest BCUT2D eigenvalue weighted by Gasteiger charge is 2.31. The third kappa shape index (κ3) is 4.67. The Morgan fingerprint density at radius 2 is 2.07 bits per heavy atom. The number of hydrogen-bond acceptors (Lipinski definition) is 5. The predicted molar refractivity (Wildman–Crippen MR) is 111 cm³/mol. The molecule has 1 amide bonds. The van der Waals surface area contributed by atoms with Gasteiger partial charge in [-0.3, -0.25) is 4.79 Å². The van der Waals surface area contributed by atoms with Gasteiger partial charge in [0.25, 0.3) is 0 Å². The Morgan fingerprint density at radius 3 is 2.67 bits per heavy atom. The summed E-state index contributed by atoms with van der Waals surface area (Å²) in [6, 6.07) is 6.47. The maximum atomic E-state index is 13.2. The van der Waals surface area contributed by atoms with Crippen molar-refractivity contribution >= 4 is 23.1 Å². The van der Waals surface area contributed by atoms with Gasteiger partial charge in [0.2, 0.25) is 5.91 Å². The summed E-state index contributed by atoms with van der Waals surface area (Å²) in [4.78, 5) is 27.8. The lowest BCUT2D eigenvalue weighted by molar-refractivity contribution is -0.135. The van der Waals surface area contributed by atoms with Crippen LogP contribution in [0, 0.1) is 13.8 Å². The van der Waals surface area contributed by atoms with Crippen LogP contribution in [0.4, 0.5) is 5.82 Å². The highest BCUT2D eigenvalue weighted by Crippen LogP contribution is 2.27. The van der Waals surface area contributed by atoms with E-state index < -0.39 is 0 Å². The first kappa shape index (κ1) is 19.8. The minimum absolute atomic E-state index is 0.0539. The van der Waals surface area contributed by atoms with Crippen molar-refractivity contribution in [1.82, 2.24) is 14.9 Å². The molecule has 5 nitrogen and oxygen atoms in total. The Bertz CT molecular complexity index is 733. The summed E-state index contributed by atoms with van der Waals surface area (Å²) in [6.07, 6.45) is 2.98. The number of hydrogen-bond donors (Lipinski definition) is 0. The second-order valence-electron chi connectivity index (χ2n) is 7.40. The molecule has 0 unspecified atom stereocenters. The van der Waals surface area contributed by atoms with Crippen LogP contribution in [-0.4, -0.2) is 46.5 Å². The van der Waals surface area contributed by atoms with E-state index >= 15 is 0 Å². The van der Waals surface area contributed by atoms with Gasteiger partial charge in [-0.1, -0.05) is 13.0 Å². The zero-order chi connectivity index (χ0) is 19.4. The number of aryl methyl sites for hydroxylation is 2. The molecule has 3 rings (SSSR count). The van der Waals surface area contributed by atoms with E-state index in [4.69, 9.17) is 0 Å². The number of amides is 1. The van der Waals surface area contributed by atoms with Gasteiger partial charge in [-0.2, -0.15) is 0 Å². The SMILES string of the molecule is CCCN(C(=O)[C@H](C)c1cccs1)C1CCN(c2cc(C)nc(C)n2)CC1. The molecule has 0 bridgehead atoms. The minimum atomic E-state index is -0.0539. The fraction of sp³-hybridized carbons (Fsp3) is 0.571. The van der Waals surface area contributed by atoms with Gasteiger partial charge in [0.15, 0.2) is 0 Å². The van der Waals surface area contributed by atoms with Crippen molar-refractivity contribution in [2.45, 2.75) is 58.9 Å². The molecule has 1 fully saturated rings. The van der Waals surface area contributed by atoms with Gasteiger partial charge in [0.1, 0.15) is 11.6 Å². The summed E-state index contributed by atoms with van der Waals surface area (Å²) in [5, 5.41) is 2.05. The highest BCUT2D eigenvalue weighted by atomic mass is 32.1. The molecule has 1 saturated heterocycles. The van der Waals surface area contributed by atoms with Crippen molar-refractivity contribution < 1.29 is 4.79 Å². The first-order chi connectivity index (χ1) is 13.0. The molecule has 1 atom stereocenters. The first-order valence-electron chi connectivity index (χ1n) is 9.90. The summed E-state index contributed by atoms with van der Waals surface area (Å²) >= 11 is 1.67. The molecule has 27 heavy (non-hydrogen) atoms. The number of rotatable bonds is 6. The van der Waals surface area contributed by atoms with Gasteiger partial charge in [-0.05, 0) is 51.5 Å². The minimum Gasteiger partial charge on any atom is -0.356 e. The third-order valence-corrected chi connectivity index (χ3v) is 6.32. The number of piperidine rings is 1. The van der Waals surface area contributed by atoms with Crippen molar-refractivity contribution in [3.63, 3.8) is 0 Å². The molecule has 0 spiro atoms. The summed E-state index contributed by atoms with van der Waals surface area (Å²) in [6.45, 7) is 10.8. The van der Waals surface area contributed by atoms with Crippen LogP contribution in [0.25, 0.3) is 0 Å². The Labute approximate surface area is 166 Å². The van der Waals surface area contributed by atoms with Crippen LogP contribution in [0.3, 0.4) is 0 Å². The van der Waals surface area contributed by atoms with Gasteiger partial charge in [0.05, 0.1) is 5.92 Å². The molecule has 6 heteroatoms. The highest BCUT2D eigenvalue weighted by molar-refractivity contribution is 7.10. The van der Waals surface area contributed by atoms with Crippen LogP contribution >= 0.6 is 11.3 Å². The molecular weight excluding hydrogens is 356 g/mol. The van der Waals surface area contributed by atoms with Gasteiger partial charge in [0, 0.05) is 42.3 Å². The maximum absolute atomic E-state index is 13.2. The lowest BCUT2D eigenvalue weighted by Crippen LogP contribution is -2.49. The molecule has 1 aliphatic heterocycles. The first-order valence-corrected chi connectivity index (χ1v) is 10.8. The number of aromatic nitrogens is 2. The van der Waals surface area contributed by atoms with Crippen molar-refractivity contribution in [3.05, 3.63) is 40.0 Å². The lowest BCUT2D eigenvalue weighted by atomic mass is 9.99. The molecule has 1 aliphatic rings. The number of nitrogens with zero attached hydrogens (tertiary/aromatic N) is 4. The topological polar surface area (TPSA) is 49.3 Å². The van der Waals surface area contributed by atoms with E-state index in [9.17, 15) is 4.79 Å². The summed E-state index contributed by atoms with van der Waals surface area (Å²) in [5.74, 6) is 2.05. The fourth-order valence-corrected chi connectivity index (χ4v) is 4.66. The molecule has 146 valence electrons. The van der Waals surface area contributed by atoms with Crippen molar-refractivity contribution in [2.75, 3.05) is 24.5 Å². The van der Waals surface area contributed by atoms with E-state index in [0.29, 0.717) is 6.04 Å². The van der Waals surface area contributed by atoms with Crippen molar-refractivity contribution in [3.8, 4) is 0 Å². The molecule has 2 aromatic rings. The van der Waals surface area contributed by atoms with Gasteiger partial charge in [-0.15, -0.1) is 11.3 Å². The second kappa shape index (κ2) is 8.83. The largest absolute Gasteiger partial charge is 0.356 e. The van der Waals surface area contributed by atoms with Crippen LogP contribution in [0.5, 0.6) is 0 Å². The van der Waals surface area contributed by atoms with Gasteiger partial charge < -0.3 is 9.80 Å². The van der Waals surface area contributed by atoms with Crippen molar-refractivity contribution in [2.24, 2.45) is 0 Å². The van der Waals surface area contributed by atoms with Crippen LogP contribution in [0.1, 0.15) is 55.4 Å². The summed E-state index contributed by atoms with van der Waals surface area (Å²) in [5.41, 5.74) is 1.01. The number of anilines is 1. The zero-order valence-electron chi connectivity index (χ0n) is 16.8.